The second kappa shape index (κ2) is 9.49. The molecule has 3 aromatic rings. The van der Waals surface area contributed by atoms with E-state index in [0.717, 1.165) is 22.5 Å². The van der Waals surface area contributed by atoms with Gasteiger partial charge in [0.25, 0.3) is 5.56 Å². The van der Waals surface area contributed by atoms with Crippen LogP contribution in [0, 0.1) is 6.92 Å². The van der Waals surface area contributed by atoms with E-state index in [1.807, 2.05) is 48.5 Å². The molecular formula is C22H23ClN4O2. The van der Waals surface area contributed by atoms with Gasteiger partial charge in [0.15, 0.2) is 0 Å². The summed E-state index contributed by atoms with van der Waals surface area (Å²) in [6, 6.07) is 16.8. The quantitative estimate of drug-likeness (QED) is 0.553. The molecule has 0 unspecified atom stereocenters. The molecule has 0 saturated carbocycles. The molecule has 0 spiro atoms. The van der Waals surface area contributed by atoms with Crippen LogP contribution in [0.5, 0.6) is 0 Å². The van der Waals surface area contributed by atoms with E-state index < -0.39 is 0 Å². The predicted molar refractivity (Wildman–Crippen MR) is 115 cm³/mol. The fourth-order valence-corrected chi connectivity index (χ4v) is 3.23. The summed E-state index contributed by atoms with van der Waals surface area (Å²) in [4.78, 5) is 30.1. The lowest BCUT2D eigenvalue weighted by molar-refractivity contribution is -0.114. The summed E-state index contributed by atoms with van der Waals surface area (Å²) in [5.41, 5.74) is 3.46. The zero-order valence-electron chi connectivity index (χ0n) is 16.3. The van der Waals surface area contributed by atoms with E-state index in [-0.39, 0.29) is 17.5 Å². The number of amides is 1. The fraction of sp³-hybridized carbons (Fsp3) is 0.227. The van der Waals surface area contributed by atoms with Crippen molar-refractivity contribution in [1.29, 1.82) is 0 Å². The Bertz CT molecular complexity index is 1030. The van der Waals surface area contributed by atoms with Gasteiger partial charge in [0.2, 0.25) is 5.91 Å². The SMILES string of the molecule is CC(=O)Nc1ccc(CN[C@@H](Cc2cc(=O)[nH]c(C)n2)c2ccc(Cl)cc2)cc1. The molecule has 0 aliphatic carbocycles. The molecule has 150 valence electrons. The summed E-state index contributed by atoms with van der Waals surface area (Å²) < 4.78 is 0. The van der Waals surface area contributed by atoms with Gasteiger partial charge in [-0.3, -0.25) is 9.59 Å². The lowest BCUT2D eigenvalue weighted by atomic mass is 10.0. The van der Waals surface area contributed by atoms with Crippen molar-refractivity contribution in [3.8, 4) is 0 Å². The van der Waals surface area contributed by atoms with Crippen molar-refractivity contribution in [2.75, 3.05) is 5.32 Å². The van der Waals surface area contributed by atoms with Crippen LogP contribution in [0.4, 0.5) is 5.69 Å². The normalized spacial score (nSPS) is 11.8. The Hall–Kier alpha value is -2.96. The minimum absolute atomic E-state index is 0.0454. The van der Waals surface area contributed by atoms with Crippen LogP contribution < -0.4 is 16.2 Å². The first kappa shape index (κ1) is 20.8. The Morgan fingerprint density at radius 2 is 1.83 bits per heavy atom. The number of nitrogens with one attached hydrogen (secondary N) is 3. The van der Waals surface area contributed by atoms with Crippen molar-refractivity contribution in [3.63, 3.8) is 0 Å². The first-order valence-electron chi connectivity index (χ1n) is 9.31. The molecule has 7 heteroatoms. The van der Waals surface area contributed by atoms with Crippen LogP contribution in [0.25, 0.3) is 0 Å². The van der Waals surface area contributed by atoms with Gasteiger partial charge in [-0.1, -0.05) is 35.9 Å². The molecule has 29 heavy (non-hydrogen) atoms. The third kappa shape index (κ3) is 6.27. The summed E-state index contributed by atoms with van der Waals surface area (Å²) in [6.45, 7) is 3.87. The van der Waals surface area contributed by atoms with Gasteiger partial charge in [0.1, 0.15) is 5.82 Å². The standard InChI is InChI=1S/C22H23ClN4O2/c1-14-25-20(12-22(29)26-14)11-21(17-5-7-18(23)8-6-17)24-13-16-3-9-19(10-4-16)27-15(2)28/h3-10,12,21,24H,11,13H2,1-2H3,(H,27,28)(H,25,26,29)/t21-/m0/s1. The molecule has 6 nitrogen and oxygen atoms in total. The smallest absolute Gasteiger partial charge is 0.251 e. The molecule has 2 aromatic carbocycles. The molecule has 0 aliphatic rings. The number of H-pyrrole nitrogens is 1. The first-order valence-corrected chi connectivity index (χ1v) is 9.69. The van der Waals surface area contributed by atoms with Gasteiger partial charge in [-0.2, -0.15) is 0 Å². The molecular weight excluding hydrogens is 388 g/mol. The van der Waals surface area contributed by atoms with Crippen LogP contribution in [-0.2, 0) is 17.8 Å². The van der Waals surface area contributed by atoms with Gasteiger partial charge in [-0.25, -0.2) is 4.98 Å². The van der Waals surface area contributed by atoms with Crippen molar-refractivity contribution in [1.82, 2.24) is 15.3 Å². The minimum Gasteiger partial charge on any atom is -0.326 e. The number of rotatable bonds is 7. The largest absolute Gasteiger partial charge is 0.326 e. The highest BCUT2D eigenvalue weighted by atomic mass is 35.5. The van der Waals surface area contributed by atoms with E-state index in [2.05, 4.69) is 20.6 Å². The number of aryl methyl sites for hydroxylation is 1. The highest BCUT2D eigenvalue weighted by molar-refractivity contribution is 6.30. The minimum atomic E-state index is -0.157. The average molecular weight is 411 g/mol. The Labute approximate surface area is 174 Å². The third-order valence-electron chi connectivity index (χ3n) is 4.43. The lowest BCUT2D eigenvalue weighted by Crippen LogP contribution is -2.24. The zero-order valence-corrected chi connectivity index (χ0v) is 17.1. The highest BCUT2D eigenvalue weighted by Gasteiger charge is 2.14. The van der Waals surface area contributed by atoms with E-state index in [4.69, 9.17) is 11.6 Å². The molecule has 0 aliphatic heterocycles. The predicted octanol–water partition coefficient (Wildman–Crippen LogP) is 3.76. The fourth-order valence-electron chi connectivity index (χ4n) is 3.11. The number of hydrogen-bond donors (Lipinski definition) is 3. The number of benzene rings is 2. The lowest BCUT2D eigenvalue weighted by Gasteiger charge is -2.19. The topological polar surface area (TPSA) is 86.9 Å². The van der Waals surface area contributed by atoms with Crippen LogP contribution in [0.1, 0.15) is 35.6 Å². The average Bonchev–Trinajstić information content (AvgIpc) is 2.66. The second-order valence-corrected chi connectivity index (χ2v) is 7.33. The van der Waals surface area contributed by atoms with E-state index in [1.165, 1.54) is 13.0 Å². The van der Waals surface area contributed by atoms with Crippen LogP contribution >= 0.6 is 11.6 Å². The van der Waals surface area contributed by atoms with Gasteiger partial charge < -0.3 is 15.6 Å². The Morgan fingerprint density at radius 1 is 1.14 bits per heavy atom. The Balaban J connectivity index is 1.76. The maximum Gasteiger partial charge on any atom is 0.251 e. The van der Waals surface area contributed by atoms with Crippen molar-refractivity contribution in [2.24, 2.45) is 0 Å². The van der Waals surface area contributed by atoms with Crippen LogP contribution in [0.15, 0.2) is 59.4 Å². The number of halogens is 1. The summed E-state index contributed by atoms with van der Waals surface area (Å²) in [5, 5.41) is 6.97. The number of nitrogens with zero attached hydrogens (tertiary/aromatic N) is 1. The summed E-state index contributed by atoms with van der Waals surface area (Å²) in [6.07, 6.45) is 0.566. The summed E-state index contributed by atoms with van der Waals surface area (Å²) >= 11 is 6.03. The van der Waals surface area contributed by atoms with Gasteiger partial charge in [0.05, 0.1) is 0 Å². The summed E-state index contributed by atoms with van der Waals surface area (Å²) in [5.74, 6) is 0.496. The number of carbonyl (C=O) groups is 1. The van der Waals surface area contributed by atoms with Crippen molar-refractivity contribution < 1.29 is 4.79 Å². The number of carbonyl (C=O) groups excluding carboxylic acids is 1. The molecule has 1 aromatic heterocycles. The third-order valence-corrected chi connectivity index (χ3v) is 4.68. The van der Waals surface area contributed by atoms with Crippen molar-refractivity contribution in [3.05, 3.63) is 92.6 Å². The van der Waals surface area contributed by atoms with Crippen LogP contribution in [0.3, 0.4) is 0 Å². The first-order chi connectivity index (χ1) is 13.9. The molecule has 0 fully saturated rings. The molecule has 3 N–H and O–H groups in total. The maximum atomic E-state index is 11.8. The number of aromatic amines is 1. The van der Waals surface area contributed by atoms with Crippen molar-refractivity contribution >= 4 is 23.2 Å². The van der Waals surface area contributed by atoms with E-state index in [1.54, 1.807) is 6.92 Å². The van der Waals surface area contributed by atoms with Crippen molar-refractivity contribution in [2.45, 2.75) is 32.9 Å². The van der Waals surface area contributed by atoms with E-state index in [9.17, 15) is 9.59 Å². The van der Waals surface area contributed by atoms with Gasteiger partial charge in [-0.15, -0.1) is 0 Å². The molecule has 3 rings (SSSR count). The second-order valence-electron chi connectivity index (χ2n) is 6.89. The molecule has 0 saturated heterocycles. The summed E-state index contributed by atoms with van der Waals surface area (Å²) in [7, 11) is 0. The van der Waals surface area contributed by atoms with Gasteiger partial charge in [0, 0.05) is 48.4 Å². The Kier molecular flexibility index (Phi) is 6.80. The van der Waals surface area contributed by atoms with Crippen LogP contribution in [-0.4, -0.2) is 15.9 Å². The number of hydrogen-bond acceptors (Lipinski definition) is 4. The molecule has 1 atom stereocenters. The maximum absolute atomic E-state index is 11.8. The monoisotopic (exact) mass is 410 g/mol. The number of aromatic nitrogens is 2. The van der Waals surface area contributed by atoms with Gasteiger partial charge in [-0.05, 0) is 42.3 Å². The molecule has 0 bridgehead atoms. The number of anilines is 1. The zero-order chi connectivity index (χ0) is 20.8. The molecule has 0 radical (unpaired) electrons. The molecule has 1 amide bonds. The highest BCUT2D eigenvalue weighted by Crippen LogP contribution is 2.21. The van der Waals surface area contributed by atoms with E-state index in [0.29, 0.717) is 23.8 Å². The van der Waals surface area contributed by atoms with Crippen LogP contribution in [0.2, 0.25) is 5.02 Å². The molecule has 1 heterocycles. The van der Waals surface area contributed by atoms with E-state index >= 15 is 0 Å². The Morgan fingerprint density at radius 3 is 2.45 bits per heavy atom. The van der Waals surface area contributed by atoms with Gasteiger partial charge >= 0.3 is 0 Å².